The molecule has 0 fully saturated rings. The number of carbonyl (C=O) groups excluding carboxylic acids is 1. The molecule has 4 nitrogen and oxygen atoms in total. The number of esters is 1. The van der Waals surface area contributed by atoms with Crippen molar-refractivity contribution in [2.75, 3.05) is 6.61 Å². The van der Waals surface area contributed by atoms with Crippen LogP contribution in [0.25, 0.3) is 0 Å². The molecule has 0 bridgehead atoms. The number of ether oxygens (including phenoxy) is 1. The molecular formula is C31H58O4. The lowest BCUT2D eigenvalue weighted by Gasteiger charge is -2.11. The molecule has 1 atom stereocenters. The molecule has 1 unspecified atom stereocenters. The summed E-state index contributed by atoms with van der Waals surface area (Å²) in [5.41, 5.74) is 0. The van der Waals surface area contributed by atoms with Crippen molar-refractivity contribution >= 4 is 11.9 Å². The van der Waals surface area contributed by atoms with Crippen LogP contribution in [0.15, 0.2) is 12.2 Å². The van der Waals surface area contributed by atoms with Crippen LogP contribution in [-0.4, -0.2) is 23.7 Å². The summed E-state index contributed by atoms with van der Waals surface area (Å²) in [6.45, 7) is 4.58. The van der Waals surface area contributed by atoms with E-state index in [1.807, 2.05) is 6.92 Å². The Labute approximate surface area is 217 Å². The Kier molecular flexibility index (Phi) is 26.2. The number of aliphatic carboxylic acids is 1. The molecule has 1 N–H and O–H groups in total. The maximum atomic E-state index is 11.7. The molecule has 0 amide bonds. The first-order valence-corrected chi connectivity index (χ1v) is 15.1. The Hall–Kier alpha value is -1.32. The average molecular weight is 495 g/mol. The van der Waals surface area contributed by atoms with Crippen molar-refractivity contribution in [3.05, 3.63) is 12.2 Å². The Bertz CT molecular complexity index is 500. The van der Waals surface area contributed by atoms with Crippen molar-refractivity contribution in [1.82, 2.24) is 0 Å². The van der Waals surface area contributed by atoms with E-state index in [2.05, 4.69) is 19.1 Å². The van der Waals surface area contributed by atoms with Crippen molar-refractivity contribution in [1.29, 1.82) is 0 Å². The number of hydrogen-bond acceptors (Lipinski definition) is 3. The summed E-state index contributed by atoms with van der Waals surface area (Å²) in [5, 5.41) is 9.31. The molecule has 0 saturated carbocycles. The van der Waals surface area contributed by atoms with E-state index >= 15 is 0 Å². The first-order chi connectivity index (χ1) is 17.1. The zero-order chi connectivity index (χ0) is 25.8. The van der Waals surface area contributed by atoms with Crippen molar-refractivity contribution in [2.45, 2.75) is 162 Å². The molecule has 35 heavy (non-hydrogen) atoms. The number of carbonyl (C=O) groups is 2. The number of rotatable bonds is 27. The Morgan fingerprint density at radius 2 is 1.06 bits per heavy atom. The number of hydrogen-bond donors (Lipinski definition) is 1. The van der Waals surface area contributed by atoms with E-state index in [9.17, 15) is 14.7 Å². The summed E-state index contributed by atoms with van der Waals surface area (Å²) < 4.78 is 5.02. The SMILES string of the molecule is CCCCCCC/C=C/CCCCCCCCCCCCCCCC(CC(=O)OCCC)C(=O)O. The van der Waals surface area contributed by atoms with E-state index < -0.39 is 11.9 Å². The summed E-state index contributed by atoms with van der Waals surface area (Å²) in [7, 11) is 0. The highest BCUT2D eigenvalue weighted by atomic mass is 16.5. The first kappa shape index (κ1) is 33.7. The lowest BCUT2D eigenvalue weighted by atomic mass is 9.97. The Balaban J connectivity index is 3.36. The Morgan fingerprint density at radius 1 is 0.629 bits per heavy atom. The normalized spacial score (nSPS) is 12.3. The largest absolute Gasteiger partial charge is 0.481 e. The van der Waals surface area contributed by atoms with E-state index in [-0.39, 0.29) is 12.4 Å². The molecule has 0 aliphatic heterocycles. The van der Waals surface area contributed by atoms with Gasteiger partial charge in [0.05, 0.1) is 18.9 Å². The molecular weight excluding hydrogens is 436 g/mol. The molecule has 0 radical (unpaired) electrons. The fourth-order valence-electron chi connectivity index (χ4n) is 4.49. The lowest BCUT2D eigenvalue weighted by molar-refractivity contribution is -0.151. The number of allylic oxidation sites excluding steroid dienone is 2. The van der Waals surface area contributed by atoms with Crippen LogP contribution in [0.5, 0.6) is 0 Å². The highest BCUT2D eigenvalue weighted by molar-refractivity contribution is 5.78. The summed E-state index contributed by atoms with van der Waals surface area (Å²) in [4.78, 5) is 23.0. The molecule has 0 heterocycles. The third kappa shape index (κ3) is 25.6. The van der Waals surface area contributed by atoms with Gasteiger partial charge in [0, 0.05) is 0 Å². The van der Waals surface area contributed by atoms with Crippen LogP contribution in [-0.2, 0) is 14.3 Å². The van der Waals surface area contributed by atoms with Crippen LogP contribution in [0.3, 0.4) is 0 Å². The van der Waals surface area contributed by atoms with Crippen molar-refractivity contribution in [3.63, 3.8) is 0 Å². The maximum absolute atomic E-state index is 11.7. The molecule has 0 aromatic heterocycles. The average Bonchev–Trinajstić information content (AvgIpc) is 2.84. The lowest BCUT2D eigenvalue weighted by Crippen LogP contribution is -2.19. The van der Waals surface area contributed by atoms with E-state index in [1.54, 1.807) is 0 Å². The van der Waals surface area contributed by atoms with Crippen LogP contribution in [0, 0.1) is 5.92 Å². The minimum Gasteiger partial charge on any atom is -0.481 e. The van der Waals surface area contributed by atoms with Crippen LogP contribution >= 0.6 is 0 Å². The van der Waals surface area contributed by atoms with E-state index in [4.69, 9.17) is 4.74 Å². The number of unbranched alkanes of at least 4 members (excludes halogenated alkanes) is 18. The smallest absolute Gasteiger partial charge is 0.307 e. The van der Waals surface area contributed by atoms with E-state index in [0.717, 1.165) is 19.3 Å². The van der Waals surface area contributed by atoms with Gasteiger partial charge in [-0.25, -0.2) is 0 Å². The van der Waals surface area contributed by atoms with Gasteiger partial charge in [0.15, 0.2) is 0 Å². The fraction of sp³-hybridized carbons (Fsp3) is 0.871. The van der Waals surface area contributed by atoms with Gasteiger partial charge in [-0.1, -0.05) is 129 Å². The summed E-state index contributed by atoms with van der Waals surface area (Å²) in [6.07, 6.45) is 32.1. The van der Waals surface area contributed by atoms with Crippen molar-refractivity contribution in [3.8, 4) is 0 Å². The monoisotopic (exact) mass is 494 g/mol. The van der Waals surface area contributed by atoms with E-state index in [0.29, 0.717) is 13.0 Å². The van der Waals surface area contributed by atoms with Gasteiger partial charge < -0.3 is 9.84 Å². The summed E-state index contributed by atoms with van der Waals surface area (Å²) in [6, 6.07) is 0. The first-order valence-electron chi connectivity index (χ1n) is 15.1. The standard InChI is InChI=1S/C31H58O4/c1-3-5-6-7-8-9-10-11-12-13-14-15-16-17-18-19-20-21-22-23-24-25-26-29(31(33)34)28-30(32)35-27-4-2/h10-11,29H,3-9,12-28H2,1-2H3,(H,33,34)/b11-10+. The van der Waals surface area contributed by atoms with Crippen LogP contribution in [0.1, 0.15) is 162 Å². The molecule has 4 heteroatoms. The third-order valence-corrected chi connectivity index (χ3v) is 6.79. The van der Waals surface area contributed by atoms with Crippen LogP contribution in [0.2, 0.25) is 0 Å². The minimum atomic E-state index is -0.876. The molecule has 206 valence electrons. The second-order valence-electron chi connectivity index (χ2n) is 10.3. The molecule has 0 saturated heterocycles. The maximum Gasteiger partial charge on any atom is 0.307 e. The van der Waals surface area contributed by atoms with E-state index in [1.165, 1.54) is 116 Å². The van der Waals surface area contributed by atoms with Gasteiger partial charge >= 0.3 is 11.9 Å². The number of carboxylic acid groups (broad SMARTS) is 1. The summed E-state index contributed by atoms with van der Waals surface area (Å²) in [5.74, 6) is -1.85. The highest BCUT2D eigenvalue weighted by Crippen LogP contribution is 2.18. The number of carboxylic acids is 1. The van der Waals surface area contributed by atoms with Gasteiger partial charge in [0.1, 0.15) is 0 Å². The van der Waals surface area contributed by atoms with Gasteiger partial charge in [-0.15, -0.1) is 0 Å². The predicted octanol–water partition coefficient (Wildman–Crippen LogP) is 9.80. The van der Waals surface area contributed by atoms with Crippen molar-refractivity contribution < 1.29 is 19.4 Å². The Morgan fingerprint density at radius 3 is 1.49 bits per heavy atom. The van der Waals surface area contributed by atoms with Crippen LogP contribution < -0.4 is 0 Å². The summed E-state index contributed by atoms with van der Waals surface area (Å²) >= 11 is 0. The van der Waals surface area contributed by atoms with Gasteiger partial charge in [-0.05, 0) is 38.5 Å². The molecule has 0 aromatic carbocycles. The molecule has 0 rings (SSSR count). The van der Waals surface area contributed by atoms with Gasteiger partial charge in [-0.3, -0.25) is 9.59 Å². The third-order valence-electron chi connectivity index (χ3n) is 6.79. The zero-order valence-corrected chi connectivity index (χ0v) is 23.4. The second kappa shape index (κ2) is 27.3. The molecule has 0 spiro atoms. The van der Waals surface area contributed by atoms with Crippen LogP contribution in [0.4, 0.5) is 0 Å². The topological polar surface area (TPSA) is 63.6 Å². The molecule has 0 aromatic rings. The molecule has 0 aliphatic carbocycles. The quantitative estimate of drug-likeness (QED) is 0.0701. The predicted molar refractivity (Wildman–Crippen MR) is 149 cm³/mol. The fourth-order valence-corrected chi connectivity index (χ4v) is 4.49. The zero-order valence-electron chi connectivity index (χ0n) is 23.4. The molecule has 0 aliphatic rings. The van der Waals surface area contributed by atoms with Gasteiger partial charge in [0.25, 0.3) is 0 Å². The second-order valence-corrected chi connectivity index (χ2v) is 10.3. The van der Waals surface area contributed by atoms with Gasteiger partial charge in [-0.2, -0.15) is 0 Å². The minimum absolute atomic E-state index is 0.00559. The van der Waals surface area contributed by atoms with Gasteiger partial charge in [0.2, 0.25) is 0 Å². The highest BCUT2D eigenvalue weighted by Gasteiger charge is 2.21. The van der Waals surface area contributed by atoms with Crippen molar-refractivity contribution in [2.24, 2.45) is 5.92 Å².